The number of carbonyl (C=O) groups excluding carboxylic acids is 1. The molecule has 1 saturated heterocycles. The van der Waals surface area contributed by atoms with E-state index in [4.69, 9.17) is 4.74 Å². The minimum absolute atomic E-state index is 0.0232. The number of aryl methyl sites for hydroxylation is 1. The summed E-state index contributed by atoms with van der Waals surface area (Å²) in [6.45, 7) is 1.43. The number of carbonyl (C=O) groups is 1. The molecule has 2 N–H and O–H groups in total. The molecule has 0 atom stereocenters. The summed E-state index contributed by atoms with van der Waals surface area (Å²) in [6.07, 6.45) is 2.30. The van der Waals surface area contributed by atoms with Crippen molar-refractivity contribution in [3.05, 3.63) is 34.3 Å². The molecule has 0 radical (unpaired) electrons. The van der Waals surface area contributed by atoms with Crippen LogP contribution in [0.25, 0.3) is 0 Å². The smallest absolute Gasteiger partial charge is 0.220 e. The average Bonchev–Trinajstić information content (AvgIpc) is 2.44. The first kappa shape index (κ1) is 15.5. The predicted octanol–water partition coefficient (Wildman–Crippen LogP) is 2.04. The van der Waals surface area contributed by atoms with Gasteiger partial charge in [0.05, 0.1) is 5.60 Å². The highest BCUT2D eigenvalue weighted by atomic mass is 79.9. The number of benzene rings is 1. The molecule has 0 unspecified atom stereocenters. The molecule has 1 aliphatic heterocycles. The molecule has 0 bridgehead atoms. The minimum Gasteiger partial charge on any atom is -0.388 e. The Morgan fingerprint density at radius 2 is 2.15 bits per heavy atom. The van der Waals surface area contributed by atoms with Crippen LogP contribution < -0.4 is 5.32 Å². The van der Waals surface area contributed by atoms with Gasteiger partial charge in [-0.3, -0.25) is 4.79 Å². The number of hydrogen-bond acceptors (Lipinski definition) is 3. The summed E-state index contributed by atoms with van der Waals surface area (Å²) in [4.78, 5) is 11.8. The summed E-state index contributed by atoms with van der Waals surface area (Å²) in [7, 11) is 0. The van der Waals surface area contributed by atoms with Crippen molar-refractivity contribution in [3.8, 4) is 0 Å². The Morgan fingerprint density at radius 3 is 2.85 bits per heavy atom. The summed E-state index contributed by atoms with van der Waals surface area (Å²) >= 11 is 3.41. The van der Waals surface area contributed by atoms with Gasteiger partial charge in [0.2, 0.25) is 5.91 Å². The van der Waals surface area contributed by atoms with Crippen molar-refractivity contribution >= 4 is 21.8 Å². The normalized spacial score (nSPS) is 17.7. The predicted molar refractivity (Wildman–Crippen MR) is 80.5 cm³/mol. The van der Waals surface area contributed by atoms with Crippen LogP contribution in [0, 0.1) is 0 Å². The van der Waals surface area contributed by atoms with Gasteiger partial charge in [0.1, 0.15) is 0 Å². The van der Waals surface area contributed by atoms with Gasteiger partial charge in [-0.05, 0) is 24.1 Å². The second-order valence-electron chi connectivity index (χ2n) is 5.24. The van der Waals surface area contributed by atoms with Crippen LogP contribution >= 0.6 is 15.9 Å². The van der Waals surface area contributed by atoms with E-state index in [0.717, 1.165) is 10.0 Å². The molecule has 5 heteroatoms. The van der Waals surface area contributed by atoms with Crippen molar-refractivity contribution in [2.45, 2.75) is 31.3 Å². The van der Waals surface area contributed by atoms with Crippen LogP contribution in [0.5, 0.6) is 0 Å². The maximum atomic E-state index is 11.8. The van der Waals surface area contributed by atoms with Crippen LogP contribution in [0.2, 0.25) is 0 Å². The van der Waals surface area contributed by atoms with E-state index in [9.17, 15) is 9.90 Å². The maximum absolute atomic E-state index is 11.8. The van der Waals surface area contributed by atoms with Crippen molar-refractivity contribution in [3.63, 3.8) is 0 Å². The van der Waals surface area contributed by atoms with Gasteiger partial charge in [0, 0.05) is 43.5 Å². The topological polar surface area (TPSA) is 58.6 Å². The van der Waals surface area contributed by atoms with Gasteiger partial charge in [-0.15, -0.1) is 0 Å². The van der Waals surface area contributed by atoms with Crippen LogP contribution in [0.3, 0.4) is 0 Å². The van der Waals surface area contributed by atoms with Crippen molar-refractivity contribution in [1.29, 1.82) is 0 Å². The number of nitrogens with one attached hydrogen (secondary N) is 1. The molecular formula is C15H20BrNO3. The van der Waals surface area contributed by atoms with E-state index in [1.165, 1.54) is 0 Å². The zero-order valence-electron chi connectivity index (χ0n) is 11.4. The molecule has 1 aromatic rings. The number of rotatable bonds is 5. The summed E-state index contributed by atoms with van der Waals surface area (Å²) in [5, 5.41) is 13.1. The van der Waals surface area contributed by atoms with Gasteiger partial charge in [0.15, 0.2) is 0 Å². The summed E-state index contributed by atoms with van der Waals surface area (Å²) in [6, 6.07) is 7.94. The molecule has 1 amide bonds. The highest BCUT2D eigenvalue weighted by Crippen LogP contribution is 2.19. The Balaban J connectivity index is 1.72. The molecule has 1 aromatic carbocycles. The Bertz CT molecular complexity index is 458. The van der Waals surface area contributed by atoms with E-state index < -0.39 is 5.60 Å². The Hall–Kier alpha value is -0.910. The molecule has 1 aliphatic rings. The summed E-state index contributed by atoms with van der Waals surface area (Å²) < 4.78 is 6.23. The first-order chi connectivity index (χ1) is 9.57. The van der Waals surface area contributed by atoms with E-state index in [1.54, 1.807) is 0 Å². The molecule has 1 heterocycles. The van der Waals surface area contributed by atoms with Crippen LogP contribution in [0.15, 0.2) is 28.7 Å². The molecule has 0 aliphatic carbocycles. The lowest BCUT2D eigenvalue weighted by atomic mass is 9.94. The highest BCUT2D eigenvalue weighted by molar-refractivity contribution is 9.10. The minimum atomic E-state index is -0.802. The fourth-order valence-corrected chi connectivity index (χ4v) is 2.68. The zero-order chi connectivity index (χ0) is 14.4. The van der Waals surface area contributed by atoms with E-state index in [1.807, 2.05) is 24.3 Å². The number of aliphatic hydroxyl groups is 1. The molecular weight excluding hydrogens is 322 g/mol. The fraction of sp³-hybridized carbons (Fsp3) is 0.533. The summed E-state index contributed by atoms with van der Waals surface area (Å²) in [5.74, 6) is -0.0232. The monoisotopic (exact) mass is 341 g/mol. The molecule has 0 saturated carbocycles. The molecule has 110 valence electrons. The average molecular weight is 342 g/mol. The standard InChI is InChI=1S/C15H20BrNO3/c16-13-3-1-2-12(10-13)4-5-14(18)17-11-15(19)6-8-20-9-7-15/h1-3,10,19H,4-9,11H2,(H,17,18). The van der Waals surface area contributed by atoms with Crippen molar-refractivity contribution in [2.24, 2.45) is 0 Å². The van der Waals surface area contributed by atoms with E-state index >= 15 is 0 Å². The fourth-order valence-electron chi connectivity index (χ4n) is 2.23. The van der Waals surface area contributed by atoms with Crippen molar-refractivity contribution < 1.29 is 14.6 Å². The SMILES string of the molecule is O=C(CCc1cccc(Br)c1)NCC1(O)CCOCC1. The lowest BCUT2D eigenvalue weighted by Gasteiger charge is -2.32. The quantitative estimate of drug-likeness (QED) is 0.861. The Labute approximate surface area is 127 Å². The van der Waals surface area contributed by atoms with Crippen molar-refractivity contribution in [1.82, 2.24) is 5.32 Å². The molecule has 4 nitrogen and oxygen atoms in total. The highest BCUT2D eigenvalue weighted by Gasteiger charge is 2.29. The van der Waals surface area contributed by atoms with Crippen LogP contribution in [-0.2, 0) is 16.0 Å². The molecule has 2 rings (SSSR count). The zero-order valence-corrected chi connectivity index (χ0v) is 13.0. The Morgan fingerprint density at radius 1 is 1.40 bits per heavy atom. The van der Waals surface area contributed by atoms with Crippen LogP contribution in [0.4, 0.5) is 0 Å². The first-order valence-corrected chi connectivity index (χ1v) is 7.68. The van der Waals surface area contributed by atoms with Gasteiger partial charge in [-0.1, -0.05) is 28.1 Å². The third kappa shape index (κ3) is 4.89. The Kier molecular flexibility index (Phi) is 5.57. The lowest BCUT2D eigenvalue weighted by Crippen LogP contribution is -2.46. The van der Waals surface area contributed by atoms with Gasteiger partial charge < -0.3 is 15.2 Å². The van der Waals surface area contributed by atoms with Crippen LogP contribution in [-0.4, -0.2) is 36.4 Å². The van der Waals surface area contributed by atoms with Crippen molar-refractivity contribution in [2.75, 3.05) is 19.8 Å². The number of hydrogen-bond donors (Lipinski definition) is 2. The second kappa shape index (κ2) is 7.20. The van der Waals surface area contributed by atoms with E-state index in [2.05, 4.69) is 21.2 Å². The largest absolute Gasteiger partial charge is 0.388 e. The number of amides is 1. The van der Waals surface area contributed by atoms with Gasteiger partial charge in [0.25, 0.3) is 0 Å². The first-order valence-electron chi connectivity index (χ1n) is 6.89. The number of halogens is 1. The molecule has 0 spiro atoms. The molecule has 1 fully saturated rings. The molecule has 20 heavy (non-hydrogen) atoms. The van der Waals surface area contributed by atoms with E-state index in [-0.39, 0.29) is 5.91 Å². The van der Waals surface area contributed by atoms with E-state index in [0.29, 0.717) is 45.4 Å². The maximum Gasteiger partial charge on any atom is 0.220 e. The van der Waals surface area contributed by atoms with Crippen LogP contribution in [0.1, 0.15) is 24.8 Å². The third-order valence-corrected chi connectivity index (χ3v) is 4.06. The van der Waals surface area contributed by atoms with Gasteiger partial charge >= 0.3 is 0 Å². The molecule has 0 aromatic heterocycles. The van der Waals surface area contributed by atoms with Gasteiger partial charge in [-0.25, -0.2) is 0 Å². The summed E-state index contributed by atoms with van der Waals surface area (Å²) in [5.41, 5.74) is 0.322. The van der Waals surface area contributed by atoms with Gasteiger partial charge in [-0.2, -0.15) is 0 Å². The lowest BCUT2D eigenvalue weighted by molar-refractivity contribution is -0.123. The second-order valence-corrected chi connectivity index (χ2v) is 6.16. The number of ether oxygens (including phenoxy) is 1. The third-order valence-electron chi connectivity index (χ3n) is 3.57.